The maximum atomic E-state index is 12.9. The molecule has 0 spiro atoms. The van der Waals surface area contributed by atoms with Gasteiger partial charge in [-0.05, 0) is 43.2 Å². The lowest BCUT2D eigenvalue weighted by Gasteiger charge is -2.23. The summed E-state index contributed by atoms with van der Waals surface area (Å²) >= 11 is 0. The van der Waals surface area contributed by atoms with Gasteiger partial charge in [0.1, 0.15) is 5.82 Å². The van der Waals surface area contributed by atoms with Gasteiger partial charge in [0, 0.05) is 17.9 Å². The molecule has 1 amide bonds. The number of carbonyl (C=O) groups is 1. The van der Waals surface area contributed by atoms with Gasteiger partial charge in [-0.1, -0.05) is 25.3 Å². The largest absolute Gasteiger partial charge is 0.416 e. The van der Waals surface area contributed by atoms with Crippen LogP contribution in [0.25, 0.3) is 0 Å². The molecule has 3 rings (SSSR count). The van der Waals surface area contributed by atoms with Crippen LogP contribution in [-0.2, 0) is 6.18 Å². The highest BCUT2D eigenvalue weighted by Crippen LogP contribution is 2.31. The predicted molar refractivity (Wildman–Crippen MR) is 93.3 cm³/mol. The number of anilines is 2. The highest BCUT2D eigenvalue weighted by atomic mass is 19.4. The van der Waals surface area contributed by atoms with Gasteiger partial charge in [-0.15, -0.1) is 0 Å². The van der Waals surface area contributed by atoms with Gasteiger partial charge in [0.25, 0.3) is 5.91 Å². The summed E-state index contributed by atoms with van der Waals surface area (Å²) in [7, 11) is 0. The molecule has 1 aromatic carbocycles. The first-order chi connectivity index (χ1) is 12.4. The minimum atomic E-state index is -4.43. The second-order valence-electron chi connectivity index (χ2n) is 6.41. The number of amides is 1. The van der Waals surface area contributed by atoms with E-state index in [1.807, 2.05) is 0 Å². The fraction of sp³-hybridized carbons (Fsp3) is 0.368. The van der Waals surface area contributed by atoms with Crippen molar-refractivity contribution < 1.29 is 18.0 Å². The second kappa shape index (κ2) is 7.76. The van der Waals surface area contributed by atoms with Crippen molar-refractivity contribution in [1.82, 2.24) is 10.3 Å². The van der Waals surface area contributed by atoms with Crippen LogP contribution < -0.4 is 10.6 Å². The van der Waals surface area contributed by atoms with Gasteiger partial charge in [0.15, 0.2) is 0 Å². The number of rotatable bonds is 4. The van der Waals surface area contributed by atoms with E-state index < -0.39 is 11.7 Å². The molecule has 0 atom stereocenters. The molecule has 1 saturated carbocycles. The van der Waals surface area contributed by atoms with Crippen LogP contribution in [0.1, 0.15) is 48.0 Å². The third kappa shape index (κ3) is 4.53. The van der Waals surface area contributed by atoms with Crippen LogP contribution in [-0.4, -0.2) is 16.9 Å². The molecule has 2 aromatic rings. The number of alkyl halides is 3. The van der Waals surface area contributed by atoms with Gasteiger partial charge in [-0.2, -0.15) is 13.2 Å². The molecule has 1 aliphatic rings. The monoisotopic (exact) mass is 363 g/mol. The molecular weight excluding hydrogens is 343 g/mol. The van der Waals surface area contributed by atoms with Crippen LogP contribution in [0.5, 0.6) is 0 Å². The van der Waals surface area contributed by atoms with E-state index >= 15 is 0 Å². The van der Waals surface area contributed by atoms with Crippen LogP contribution in [0.2, 0.25) is 0 Å². The average Bonchev–Trinajstić information content (AvgIpc) is 2.62. The Morgan fingerprint density at radius 1 is 1.08 bits per heavy atom. The van der Waals surface area contributed by atoms with Crippen molar-refractivity contribution in [1.29, 1.82) is 0 Å². The number of aromatic nitrogens is 1. The molecule has 1 aromatic heterocycles. The first-order valence-electron chi connectivity index (χ1n) is 8.63. The van der Waals surface area contributed by atoms with Crippen molar-refractivity contribution in [3.8, 4) is 0 Å². The zero-order valence-corrected chi connectivity index (χ0v) is 14.1. The maximum absolute atomic E-state index is 12.9. The number of hydrogen-bond donors (Lipinski definition) is 2. The van der Waals surface area contributed by atoms with Crippen LogP contribution >= 0.6 is 0 Å². The summed E-state index contributed by atoms with van der Waals surface area (Å²) in [4.78, 5) is 16.7. The van der Waals surface area contributed by atoms with Crippen LogP contribution in [0, 0.1) is 0 Å². The lowest BCUT2D eigenvalue weighted by molar-refractivity contribution is -0.137. The van der Waals surface area contributed by atoms with Gasteiger partial charge in [0.05, 0.1) is 11.1 Å². The summed E-state index contributed by atoms with van der Waals surface area (Å²) in [6, 6.07) is 8.20. The van der Waals surface area contributed by atoms with E-state index in [9.17, 15) is 18.0 Å². The Morgan fingerprint density at radius 2 is 1.85 bits per heavy atom. The summed E-state index contributed by atoms with van der Waals surface area (Å²) in [5, 5.41) is 5.83. The molecular formula is C19H20F3N3O. The van der Waals surface area contributed by atoms with Crippen molar-refractivity contribution in [2.24, 2.45) is 0 Å². The van der Waals surface area contributed by atoms with Gasteiger partial charge in [0.2, 0.25) is 0 Å². The van der Waals surface area contributed by atoms with Gasteiger partial charge >= 0.3 is 6.18 Å². The molecule has 0 unspecified atom stereocenters. The number of pyridine rings is 1. The quantitative estimate of drug-likeness (QED) is 0.812. The molecule has 0 aliphatic heterocycles. The van der Waals surface area contributed by atoms with E-state index in [0.717, 1.165) is 37.8 Å². The zero-order chi connectivity index (χ0) is 18.6. The summed E-state index contributed by atoms with van der Waals surface area (Å²) in [5.41, 5.74) is -0.215. The van der Waals surface area contributed by atoms with Crippen LogP contribution in [0.3, 0.4) is 0 Å². The van der Waals surface area contributed by atoms with E-state index in [0.29, 0.717) is 5.56 Å². The first kappa shape index (κ1) is 18.2. The van der Waals surface area contributed by atoms with Crippen molar-refractivity contribution in [2.45, 2.75) is 44.3 Å². The normalized spacial score (nSPS) is 15.5. The van der Waals surface area contributed by atoms with E-state index in [4.69, 9.17) is 0 Å². The van der Waals surface area contributed by atoms with E-state index in [1.54, 1.807) is 12.1 Å². The Balaban J connectivity index is 1.78. The Hall–Kier alpha value is -2.57. The third-order valence-electron chi connectivity index (χ3n) is 4.45. The molecule has 2 N–H and O–H groups in total. The SMILES string of the molecule is O=C(NC1CCCCC1)c1cccnc1Nc1cccc(C(F)(F)F)c1. The topological polar surface area (TPSA) is 54.0 Å². The molecule has 1 heterocycles. The molecule has 7 heteroatoms. The summed E-state index contributed by atoms with van der Waals surface area (Å²) in [6.45, 7) is 0. The van der Waals surface area contributed by atoms with Crippen LogP contribution in [0.15, 0.2) is 42.6 Å². The molecule has 138 valence electrons. The van der Waals surface area contributed by atoms with Gasteiger partial charge < -0.3 is 10.6 Å². The average molecular weight is 363 g/mol. The smallest absolute Gasteiger partial charge is 0.349 e. The standard InChI is InChI=1S/C19H20F3N3O/c20-19(21,22)13-6-4-9-15(12-13)24-17-16(10-5-11-23-17)18(26)25-14-7-2-1-3-8-14/h4-6,9-12,14H,1-3,7-8H2,(H,23,24)(H,25,26). The number of carbonyl (C=O) groups excluding carboxylic acids is 1. The number of nitrogens with one attached hydrogen (secondary N) is 2. The summed E-state index contributed by atoms with van der Waals surface area (Å²) in [6.07, 6.45) is 2.32. The minimum Gasteiger partial charge on any atom is -0.349 e. The summed E-state index contributed by atoms with van der Waals surface area (Å²) in [5.74, 6) is -0.0281. The Kier molecular flexibility index (Phi) is 5.44. The van der Waals surface area contributed by atoms with Crippen LogP contribution in [0.4, 0.5) is 24.7 Å². The molecule has 0 bridgehead atoms. The van der Waals surface area contributed by atoms with Crippen molar-refractivity contribution in [2.75, 3.05) is 5.32 Å². The van der Waals surface area contributed by atoms with E-state index in [-0.39, 0.29) is 23.5 Å². The molecule has 0 saturated heterocycles. The molecule has 4 nitrogen and oxygen atoms in total. The van der Waals surface area contributed by atoms with Gasteiger partial charge in [-0.3, -0.25) is 4.79 Å². The predicted octanol–water partition coefficient (Wildman–Crippen LogP) is 4.91. The maximum Gasteiger partial charge on any atom is 0.416 e. The molecule has 1 fully saturated rings. The molecule has 1 aliphatic carbocycles. The second-order valence-corrected chi connectivity index (χ2v) is 6.41. The Morgan fingerprint density at radius 3 is 2.58 bits per heavy atom. The number of hydrogen-bond acceptors (Lipinski definition) is 3. The number of halogens is 3. The zero-order valence-electron chi connectivity index (χ0n) is 14.1. The van der Waals surface area contributed by atoms with Crippen molar-refractivity contribution in [3.05, 3.63) is 53.7 Å². The molecule has 26 heavy (non-hydrogen) atoms. The first-order valence-corrected chi connectivity index (χ1v) is 8.63. The van der Waals surface area contributed by atoms with E-state index in [2.05, 4.69) is 15.6 Å². The number of benzene rings is 1. The van der Waals surface area contributed by atoms with Crippen molar-refractivity contribution >= 4 is 17.4 Å². The highest BCUT2D eigenvalue weighted by Gasteiger charge is 2.30. The minimum absolute atomic E-state index is 0.137. The third-order valence-corrected chi connectivity index (χ3v) is 4.45. The van der Waals surface area contributed by atoms with Gasteiger partial charge in [-0.25, -0.2) is 4.98 Å². The fourth-order valence-corrected chi connectivity index (χ4v) is 3.11. The summed E-state index contributed by atoms with van der Waals surface area (Å²) < 4.78 is 38.6. The van der Waals surface area contributed by atoms with E-state index in [1.165, 1.54) is 24.8 Å². The fourth-order valence-electron chi connectivity index (χ4n) is 3.11. The highest BCUT2D eigenvalue weighted by molar-refractivity contribution is 5.99. The number of nitrogens with zero attached hydrogens (tertiary/aromatic N) is 1. The Bertz CT molecular complexity index is 771. The molecule has 0 radical (unpaired) electrons. The lowest BCUT2D eigenvalue weighted by Crippen LogP contribution is -2.36. The van der Waals surface area contributed by atoms with Crippen molar-refractivity contribution in [3.63, 3.8) is 0 Å². The Labute approximate surface area is 149 Å². The lowest BCUT2D eigenvalue weighted by atomic mass is 9.95.